The van der Waals surface area contributed by atoms with Gasteiger partial charge in [-0.25, -0.2) is 0 Å². The van der Waals surface area contributed by atoms with E-state index in [2.05, 4.69) is 51.8 Å². The van der Waals surface area contributed by atoms with E-state index in [1.165, 1.54) is 5.56 Å². The van der Waals surface area contributed by atoms with Crippen molar-refractivity contribution in [2.75, 3.05) is 0 Å². The summed E-state index contributed by atoms with van der Waals surface area (Å²) in [4.78, 5) is 0. The van der Waals surface area contributed by atoms with Crippen molar-refractivity contribution in [1.29, 1.82) is 0 Å². The molecule has 1 atom stereocenters. The fourth-order valence-electron chi connectivity index (χ4n) is 3.03. The van der Waals surface area contributed by atoms with Crippen molar-refractivity contribution >= 4 is 11.8 Å². The van der Waals surface area contributed by atoms with Crippen LogP contribution < -0.4 is 0 Å². The summed E-state index contributed by atoms with van der Waals surface area (Å²) < 4.78 is 0. The van der Waals surface area contributed by atoms with Gasteiger partial charge in [0, 0.05) is 29.5 Å². The number of hydrogen-bond acceptors (Lipinski definition) is 3. The highest BCUT2D eigenvalue weighted by atomic mass is 16.4. The largest absolute Gasteiger partial charge is 0.411 e. The molecule has 0 amide bonds. The Morgan fingerprint density at radius 1 is 1.24 bits per heavy atom. The second kappa shape index (κ2) is 4.88. The Labute approximate surface area is 123 Å². The van der Waals surface area contributed by atoms with Crippen LogP contribution in [-0.2, 0) is 6.42 Å². The average Bonchev–Trinajstić information content (AvgIpc) is 3.29. The molecule has 0 aliphatic heterocycles. The monoisotopic (exact) mass is 279 g/mol. The van der Waals surface area contributed by atoms with Crippen molar-refractivity contribution in [3.05, 3.63) is 58.9 Å². The quantitative estimate of drug-likeness (QED) is 0.514. The molecule has 2 aliphatic carbocycles. The maximum atomic E-state index is 9.25. The number of rotatable bonds is 3. The summed E-state index contributed by atoms with van der Waals surface area (Å²) in [5, 5.41) is 20.2. The number of hydrogen-bond donors (Lipinski definition) is 2. The third kappa shape index (κ3) is 2.17. The molecule has 1 fully saturated rings. The number of nitrogens with zero attached hydrogens (tertiary/aromatic N) is 2. The Morgan fingerprint density at radius 2 is 2.05 bits per heavy atom. The SMILES string of the molecule is ON=C(c1n[nH]c2c1C=CC(c1ccccc1)C2)C1CC1. The zero-order valence-corrected chi connectivity index (χ0v) is 11.7. The summed E-state index contributed by atoms with van der Waals surface area (Å²) in [5.74, 6) is 0.755. The van der Waals surface area contributed by atoms with Crippen LogP contribution in [0.2, 0.25) is 0 Å². The first-order valence-electron chi connectivity index (χ1n) is 7.39. The Hall–Kier alpha value is -2.36. The first kappa shape index (κ1) is 12.4. The van der Waals surface area contributed by atoms with E-state index in [1.54, 1.807) is 0 Å². The molecule has 1 aromatic heterocycles. The van der Waals surface area contributed by atoms with Gasteiger partial charge in [-0.1, -0.05) is 47.6 Å². The number of nitrogens with one attached hydrogen (secondary N) is 1. The van der Waals surface area contributed by atoms with Gasteiger partial charge < -0.3 is 5.21 Å². The van der Waals surface area contributed by atoms with Crippen LogP contribution in [0.4, 0.5) is 0 Å². The molecule has 2 aromatic rings. The van der Waals surface area contributed by atoms with Crippen LogP contribution in [0.15, 0.2) is 41.6 Å². The lowest BCUT2D eigenvalue weighted by Crippen LogP contribution is -2.09. The van der Waals surface area contributed by atoms with Crippen LogP contribution in [0.1, 0.15) is 41.3 Å². The first-order valence-corrected chi connectivity index (χ1v) is 7.39. The predicted octanol–water partition coefficient (Wildman–Crippen LogP) is 3.35. The number of fused-ring (bicyclic) bond motifs is 1. The minimum Gasteiger partial charge on any atom is -0.411 e. The van der Waals surface area contributed by atoms with Crippen LogP contribution in [0.25, 0.3) is 6.08 Å². The summed E-state index contributed by atoms with van der Waals surface area (Å²) >= 11 is 0. The van der Waals surface area contributed by atoms with Crippen molar-refractivity contribution in [3.8, 4) is 0 Å². The highest BCUT2D eigenvalue weighted by Crippen LogP contribution is 2.36. The van der Waals surface area contributed by atoms with E-state index in [9.17, 15) is 5.21 Å². The third-order valence-corrected chi connectivity index (χ3v) is 4.34. The minimum absolute atomic E-state index is 0.377. The lowest BCUT2D eigenvalue weighted by atomic mass is 9.87. The fraction of sp³-hybridized carbons (Fsp3) is 0.294. The molecule has 1 unspecified atom stereocenters. The van der Waals surface area contributed by atoms with E-state index in [-0.39, 0.29) is 0 Å². The summed E-state index contributed by atoms with van der Waals surface area (Å²) in [7, 11) is 0. The summed E-state index contributed by atoms with van der Waals surface area (Å²) in [5.41, 5.74) is 5.08. The number of oxime groups is 1. The zero-order valence-electron chi connectivity index (χ0n) is 11.7. The number of aromatic nitrogens is 2. The van der Waals surface area contributed by atoms with Gasteiger partial charge in [0.1, 0.15) is 11.4 Å². The zero-order chi connectivity index (χ0) is 14.2. The van der Waals surface area contributed by atoms with E-state index < -0.39 is 0 Å². The van der Waals surface area contributed by atoms with Gasteiger partial charge in [-0.15, -0.1) is 0 Å². The molecule has 21 heavy (non-hydrogen) atoms. The van der Waals surface area contributed by atoms with Crippen molar-refractivity contribution in [2.45, 2.75) is 25.2 Å². The summed E-state index contributed by atoms with van der Waals surface area (Å²) in [6, 6.07) is 10.5. The first-order chi connectivity index (χ1) is 10.4. The molecule has 4 rings (SSSR count). The Bertz CT molecular complexity index is 711. The van der Waals surface area contributed by atoms with E-state index in [4.69, 9.17) is 0 Å². The molecule has 4 heteroatoms. The molecule has 0 saturated heterocycles. The molecule has 4 nitrogen and oxygen atoms in total. The van der Waals surface area contributed by atoms with Crippen molar-refractivity contribution in [3.63, 3.8) is 0 Å². The van der Waals surface area contributed by atoms with Gasteiger partial charge >= 0.3 is 0 Å². The standard InChI is InChI=1S/C17H17N3O/c21-20-16(12-6-7-12)17-14-9-8-13(10-15(14)18-19-17)11-4-2-1-3-5-11/h1-5,8-9,12-13,21H,6-7,10H2,(H,18,19). The number of allylic oxidation sites excluding steroid dienone is 1. The predicted molar refractivity (Wildman–Crippen MR) is 81.6 cm³/mol. The second-order valence-electron chi connectivity index (χ2n) is 5.80. The van der Waals surface area contributed by atoms with Gasteiger partial charge in [-0.2, -0.15) is 5.10 Å². The van der Waals surface area contributed by atoms with E-state index in [0.717, 1.165) is 41.9 Å². The van der Waals surface area contributed by atoms with Gasteiger partial charge in [0.15, 0.2) is 0 Å². The molecule has 0 bridgehead atoms. The van der Waals surface area contributed by atoms with Crippen LogP contribution in [0.3, 0.4) is 0 Å². The molecule has 1 aromatic carbocycles. The van der Waals surface area contributed by atoms with E-state index >= 15 is 0 Å². The summed E-state index contributed by atoms with van der Waals surface area (Å²) in [6.45, 7) is 0. The Morgan fingerprint density at radius 3 is 2.76 bits per heavy atom. The molecular formula is C17H17N3O. The van der Waals surface area contributed by atoms with Gasteiger partial charge in [0.2, 0.25) is 0 Å². The number of benzene rings is 1. The molecular weight excluding hydrogens is 262 g/mol. The number of aromatic amines is 1. The van der Waals surface area contributed by atoms with Gasteiger partial charge in [0.25, 0.3) is 0 Å². The molecule has 2 aliphatic rings. The highest BCUT2D eigenvalue weighted by molar-refractivity contribution is 6.04. The molecule has 1 saturated carbocycles. The van der Waals surface area contributed by atoms with Crippen molar-refractivity contribution < 1.29 is 5.21 Å². The topological polar surface area (TPSA) is 61.3 Å². The average molecular weight is 279 g/mol. The van der Waals surface area contributed by atoms with Crippen LogP contribution in [0, 0.1) is 5.92 Å². The van der Waals surface area contributed by atoms with Gasteiger partial charge in [-0.05, 0) is 18.4 Å². The molecule has 0 spiro atoms. The maximum Gasteiger partial charge on any atom is 0.117 e. The van der Waals surface area contributed by atoms with Gasteiger partial charge in [0.05, 0.1) is 0 Å². The molecule has 2 N–H and O–H groups in total. The lowest BCUT2D eigenvalue weighted by Gasteiger charge is -2.17. The molecule has 1 heterocycles. The van der Waals surface area contributed by atoms with Gasteiger partial charge in [-0.3, -0.25) is 5.10 Å². The molecule has 0 radical (unpaired) electrons. The van der Waals surface area contributed by atoms with E-state index in [1.807, 2.05) is 6.07 Å². The van der Waals surface area contributed by atoms with Crippen LogP contribution in [0.5, 0.6) is 0 Å². The van der Waals surface area contributed by atoms with Crippen LogP contribution >= 0.6 is 0 Å². The smallest absolute Gasteiger partial charge is 0.117 e. The van der Waals surface area contributed by atoms with Crippen LogP contribution in [-0.4, -0.2) is 21.1 Å². The Balaban J connectivity index is 1.66. The van der Waals surface area contributed by atoms with Crippen molar-refractivity contribution in [2.24, 2.45) is 11.1 Å². The minimum atomic E-state index is 0.377. The Kier molecular flexibility index (Phi) is 2.88. The third-order valence-electron chi connectivity index (χ3n) is 4.34. The second-order valence-corrected chi connectivity index (χ2v) is 5.80. The molecule has 106 valence electrons. The normalized spacial score (nSPS) is 21.3. The number of H-pyrrole nitrogens is 1. The fourth-order valence-corrected chi connectivity index (χ4v) is 3.03. The lowest BCUT2D eigenvalue weighted by molar-refractivity contribution is 0.317. The maximum absolute atomic E-state index is 9.25. The highest BCUT2D eigenvalue weighted by Gasteiger charge is 2.33. The van der Waals surface area contributed by atoms with Crippen molar-refractivity contribution in [1.82, 2.24) is 10.2 Å². The summed E-state index contributed by atoms with van der Waals surface area (Å²) in [6.07, 6.45) is 7.43. The van der Waals surface area contributed by atoms with E-state index in [0.29, 0.717) is 11.8 Å².